The van der Waals surface area contributed by atoms with Crippen LogP contribution in [0.5, 0.6) is 0 Å². The lowest BCUT2D eigenvalue weighted by Gasteiger charge is -2.15. The molecular formula is C13H16N2O2. The molecule has 90 valence electrons. The Bertz CT molecular complexity index is 564. The van der Waals surface area contributed by atoms with Gasteiger partial charge in [0.05, 0.1) is 5.69 Å². The highest BCUT2D eigenvalue weighted by Crippen LogP contribution is 2.20. The average molecular weight is 232 g/mol. The van der Waals surface area contributed by atoms with Crippen molar-refractivity contribution in [2.45, 2.75) is 27.2 Å². The van der Waals surface area contributed by atoms with Crippen LogP contribution in [0.25, 0.3) is 5.65 Å². The number of nitrogens with zero attached hydrogens (tertiary/aromatic N) is 2. The molecule has 0 amide bonds. The Labute approximate surface area is 99.9 Å². The van der Waals surface area contributed by atoms with Crippen molar-refractivity contribution in [1.82, 2.24) is 9.38 Å². The topological polar surface area (TPSA) is 54.6 Å². The Hall–Kier alpha value is -1.84. The van der Waals surface area contributed by atoms with E-state index in [9.17, 15) is 4.79 Å². The summed E-state index contributed by atoms with van der Waals surface area (Å²) < 4.78 is 1.63. The van der Waals surface area contributed by atoms with Crippen molar-refractivity contribution >= 4 is 11.6 Å². The van der Waals surface area contributed by atoms with Gasteiger partial charge in [-0.15, -0.1) is 0 Å². The van der Waals surface area contributed by atoms with Gasteiger partial charge in [-0.05, 0) is 24.0 Å². The number of carbonyl (C=O) groups is 1. The van der Waals surface area contributed by atoms with Crippen LogP contribution in [0, 0.1) is 5.41 Å². The molecule has 2 rings (SSSR count). The van der Waals surface area contributed by atoms with Crippen molar-refractivity contribution in [2.75, 3.05) is 0 Å². The molecule has 1 N–H and O–H groups in total. The quantitative estimate of drug-likeness (QED) is 0.866. The first-order valence-corrected chi connectivity index (χ1v) is 5.57. The van der Waals surface area contributed by atoms with Crippen LogP contribution in [0.2, 0.25) is 0 Å². The van der Waals surface area contributed by atoms with Crippen LogP contribution < -0.4 is 0 Å². The second-order valence-corrected chi connectivity index (χ2v) is 5.41. The van der Waals surface area contributed by atoms with Crippen LogP contribution in [-0.2, 0) is 6.42 Å². The number of aromatic nitrogens is 2. The maximum absolute atomic E-state index is 11.1. The minimum Gasteiger partial charge on any atom is -0.477 e. The number of hydrogen-bond acceptors (Lipinski definition) is 2. The van der Waals surface area contributed by atoms with Gasteiger partial charge >= 0.3 is 5.97 Å². The van der Waals surface area contributed by atoms with Gasteiger partial charge in [0.15, 0.2) is 0 Å². The second-order valence-electron chi connectivity index (χ2n) is 5.41. The molecule has 0 aliphatic rings. The van der Waals surface area contributed by atoms with E-state index in [0.29, 0.717) is 5.65 Å². The third-order valence-electron chi connectivity index (χ3n) is 2.47. The van der Waals surface area contributed by atoms with Gasteiger partial charge in [0.1, 0.15) is 11.3 Å². The van der Waals surface area contributed by atoms with Crippen molar-refractivity contribution in [1.29, 1.82) is 0 Å². The van der Waals surface area contributed by atoms with Crippen LogP contribution in [0.3, 0.4) is 0 Å². The summed E-state index contributed by atoms with van der Waals surface area (Å²) in [5.41, 5.74) is 1.99. The van der Waals surface area contributed by atoms with E-state index in [1.807, 2.05) is 12.3 Å². The summed E-state index contributed by atoms with van der Waals surface area (Å²) in [5.74, 6) is -0.935. The third kappa shape index (κ3) is 2.46. The summed E-state index contributed by atoms with van der Waals surface area (Å²) in [6.07, 6.45) is 2.64. The summed E-state index contributed by atoms with van der Waals surface area (Å²) in [6.45, 7) is 6.40. The first-order valence-electron chi connectivity index (χ1n) is 5.57. The maximum atomic E-state index is 11.1. The van der Waals surface area contributed by atoms with Gasteiger partial charge < -0.3 is 5.11 Å². The molecule has 0 saturated heterocycles. The van der Waals surface area contributed by atoms with Crippen LogP contribution in [0.15, 0.2) is 24.4 Å². The SMILES string of the molecule is CC(C)(C)Cc1cn2c(C(=O)O)cccc2n1. The molecule has 17 heavy (non-hydrogen) atoms. The Balaban J connectivity index is 2.50. The van der Waals surface area contributed by atoms with Crippen LogP contribution in [-0.4, -0.2) is 20.5 Å². The predicted octanol–water partition coefficient (Wildman–Crippen LogP) is 2.62. The van der Waals surface area contributed by atoms with Gasteiger partial charge in [-0.25, -0.2) is 9.78 Å². The summed E-state index contributed by atoms with van der Waals surface area (Å²) in [6, 6.07) is 5.11. The Morgan fingerprint density at radius 3 is 2.71 bits per heavy atom. The fourth-order valence-corrected chi connectivity index (χ4v) is 1.86. The number of rotatable bonds is 2. The van der Waals surface area contributed by atoms with E-state index >= 15 is 0 Å². The molecule has 2 heterocycles. The van der Waals surface area contributed by atoms with E-state index in [2.05, 4.69) is 25.8 Å². The fourth-order valence-electron chi connectivity index (χ4n) is 1.86. The smallest absolute Gasteiger partial charge is 0.352 e. The highest BCUT2D eigenvalue weighted by atomic mass is 16.4. The van der Waals surface area contributed by atoms with Crippen molar-refractivity contribution in [2.24, 2.45) is 5.41 Å². The molecule has 0 atom stereocenters. The Kier molecular flexibility index (Phi) is 2.65. The summed E-state index contributed by atoms with van der Waals surface area (Å²) in [4.78, 5) is 15.5. The first-order chi connectivity index (χ1) is 7.87. The van der Waals surface area contributed by atoms with Crippen molar-refractivity contribution in [3.05, 3.63) is 35.8 Å². The van der Waals surface area contributed by atoms with Gasteiger partial charge in [0, 0.05) is 6.20 Å². The molecule has 0 aliphatic heterocycles. The number of hydrogen-bond donors (Lipinski definition) is 1. The highest BCUT2D eigenvalue weighted by molar-refractivity contribution is 5.86. The normalized spacial score (nSPS) is 11.9. The van der Waals surface area contributed by atoms with Gasteiger partial charge in [0.25, 0.3) is 0 Å². The second kappa shape index (κ2) is 3.87. The molecule has 0 aromatic carbocycles. The van der Waals surface area contributed by atoms with Crippen LogP contribution in [0.4, 0.5) is 0 Å². The van der Waals surface area contributed by atoms with Crippen molar-refractivity contribution < 1.29 is 9.90 Å². The van der Waals surface area contributed by atoms with E-state index in [4.69, 9.17) is 5.11 Å². The number of carboxylic acid groups (broad SMARTS) is 1. The average Bonchev–Trinajstić information content (AvgIpc) is 2.55. The minimum atomic E-state index is -0.935. The van der Waals surface area contributed by atoms with Gasteiger partial charge in [-0.2, -0.15) is 0 Å². The number of fused-ring (bicyclic) bond motifs is 1. The molecule has 0 fully saturated rings. The zero-order chi connectivity index (χ0) is 12.6. The van der Waals surface area contributed by atoms with E-state index < -0.39 is 5.97 Å². The third-order valence-corrected chi connectivity index (χ3v) is 2.47. The number of carboxylic acids is 1. The molecule has 0 spiro atoms. The summed E-state index contributed by atoms with van der Waals surface area (Å²) >= 11 is 0. The summed E-state index contributed by atoms with van der Waals surface area (Å²) in [7, 11) is 0. The van der Waals surface area contributed by atoms with Gasteiger partial charge in [-0.1, -0.05) is 26.8 Å². The molecule has 4 nitrogen and oxygen atoms in total. The zero-order valence-electron chi connectivity index (χ0n) is 10.3. The number of imidazole rings is 1. The monoisotopic (exact) mass is 232 g/mol. The van der Waals surface area contributed by atoms with E-state index in [0.717, 1.165) is 12.1 Å². The first kappa shape index (κ1) is 11.6. The van der Waals surface area contributed by atoms with Crippen molar-refractivity contribution in [3.63, 3.8) is 0 Å². The standard InChI is InChI=1S/C13H16N2O2/c1-13(2,3)7-9-8-15-10(12(16)17)5-4-6-11(15)14-9/h4-6,8H,7H2,1-3H3,(H,16,17). The molecular weight excluding hydrogens is 216 g/mol. The number of pyridine rings is 1. The molecule has 0 bridgehead atoms. The largest absolute Gasteiger partial charge is 0.477 e. The van der Waals surface area contributed by atoms with Gasteiger partial charge in [-0.3, -0.25) is 4.40 Å². The molecule has 4 heteroatoms. The molecule has 0 unspecified atom stereocenters. The van der Waals surface area contributed by atoms with Crippen LogP contribution >= 0.6 is 0 Å². The fraction of sp³-hybridized carbons (Fsp3) is 0.385. The Morgan fingerprint density at radius 1 is 1.41 bits per heavy atom. The number of aromatic carboxylic acids is 1. The van der Waals surface area contributed by atoms with Crippen LogP contribution in [0.1, 0.15) is 37.0 Å². The lowest BCUT2D eigenvalue weighted by atomic mass is 9.91. The molecule has 2 aromatic heterocycles. The molecule has 0 aliphatic carbocycles. The maximum Gasteiger partial charge on any atom is 0.352 e. The zero-order valence-corrected chi connectivity index (χ0v) is 10.3. The lowest BCUT2D eigenvalue weighted by molar-refractivity contribution is 0.0689. The van der Waals surface area contributed by atoms with E-state index in [-0.39, 0.29) is 11.1 Å². The Morgan fingerprint density at radius 2 is 2.12 bits per heavy atom. The highest BCUT2D eigenvalue weighted by Gasteiger charge is 2.15. The van der Waals surface area contributed by atoms with E-state index in [1.165, 1.54) is 0 Å². The van der Waals surface area contributed by atoms with Gasteiger partial charge in [0.2, 0.25) is 0 Å². The lowest BCUT2D eigenvalue weighted by Crippen LogP contribution is -2.09. The van der Waals surface area contributed by atoms with E-state index in [1.54, 1.807) is 16.5 Å². The molecule has 0 saturated carbocycles. The minimum absolute atomic E-state index is 0.140. The summed E-state index contributed by atoms with van der Waals surface area (Å²) in [5, 5.41) is 9.08. The molecule has 0 radical (unpaired) electrons. The molecule has 2 aromatic rings. The predicted molar refractivity (Wildman–Crippen MR) is 65.3 cm³/mol. The van der Waals surface area contributed by atoms with Crippen molar-refractivity contribution in [3.8, 4) is 0 Å².